The molecule has 0 unspecified atom stereocenters. The fourth-order valence-electron chi connectivity index (χ4n) is 6.92. The second-order valence-corrected chi connectivity index (χ2v) is 13.8. The predicted octanol–water partition coefficient (Wildman–Crippen LogP) is 9.07. The van der Waals surface area contributed by atoms with Crippen LogP contribution in [0.4, 0.5) is 14.5 Å². The number of carbonyl (C=O) groups excluding carboxylic acids is 1. The average molecular weight is 689 g/mol. The molecule has 7 nitrogen and oxygen atoms in total. The molecule has 2 heterocycles. The van der Waals surface area contributed by atoms with Crippen LogP contribution in [0.25, 0.3) is 16.6 Å². The Kier molecular flexibility index (Phi) is 13.0. The van der Waals surface area contributed by atoms with Crippen LogP contribution < -0.4 is 19.8 Å². The highest BCUT2D eigenvalue weighted by Gasteiger charge is 2.25. The number of ether oxygens (including phenoxy) is 2. The molecular weight excluding hydrogens is 636 g/mol. The van der Waals surface area contributed by atoms with Crippen LogP contribution in [0.3, 0.4) is 0 Å². The number of anilines is 1. The number of unbranched alkanes of at least 4 members (excludes halogenated alkanes) is 5. The Labute approximate surface area is 295 Å². The lowest BCUT2D eigenvalue weighted by molar-refractivity contribution is -0.914. The molecule has 0 bridgehead atoms. The average Bonchev–Trinajstić information content (AvgIpc) is 3.10. The number of pyridine rings is 1. The minimum Gasteiger partial charge on any atom is -0.494 e. The maximum atomic E-state index is 14.1. The van der Waals surface area contributed by atoms with E-state index in [9.17, 15) is 18.4 Å². The summed E-state index contributed by atoms with van der Waals surface area (Å²) in [5.74, 6) is -0.968. The van der Waals surface area contributed by atoms with Crippen LogP contribution in [-0.2, 0) is 0 Å². The fourth-order valence-corrected chi connectivity index (χ4v) is 6.92. The van der Waals surface area contributed by atoms with Crippen LogP contribution in [0.15, 0.2) is 71.7 Å². The van der Waals surface area contributed by atoms with Gasteiger partial charge in [-0.05, 0) is 88.3 Å². The lowest BCUT2D eigenvalue weighted by Crippen LogP contribution is -2.48. The molecule has 0 N–H and O–H groups in total. The quantitative estimate of drug-likeness (QED) is 0.0821. The Morgan fingerprint density at radius 3 is 2.22 bits per heavy atom. The van der Waals surface area contributed by atoms with Gasteiger partial charge in [-0.2, -0.15) is 0 Å². The Morgan fingerprint density at radius 2 is 1.50 bits per heavy atom. The highest BCUT2D eigenvalue weighted by atomic mass is 19.1. The third kappa shape index (κ3) is 9.50. The molecule has 1 aromatic heterocycles. The number of piperidine rings is 1. The topological polar surface area (TPSA) is 60.8 Å². The van der Waals surface area contributed by atoms with Gasteiger partial charge in [-0.1, -0.05) is 32.3 Å². The Hall–Kier alpha value is -4.24. The zero-order valence-electron chi connectivity index (χ0n) is 29.9. The standard InChI is InChI=1S/C41H52F2N3O4/c1-4-6-23-49-35-17-15-16-33(28-35)45-30-38(41(48)44(5-2)34-26-31(42)25-32(43)27-34)40(47)37-19-18-36(29-39(37)45)50-24-14-9-7-8-11-20-46(3)21-12-10-13-22-46/h15-19,25-30H,4-14,20-24H2,1-3H3/q+1. The molecule has 50 heavy (non-hydrogen) atoms. The van der Waals surface area contributed by atoms with Gasteiger partial charge in [0.15, 0.2) is 0 Å². The van der Waals surface area contributed by atoms with Gasteiger partial charge >= 0.3 is 0 Å². The number of amides is 1. The van der Waals surface area contributed by atoms with E-state index in [1.807, 2.05) is 30.3 Å². The molecule has 0 radical (unpaired) electrons. The summed E-state index contributed by atoms with van der Waals surface area (Å²) in [4.78, 5) is 29.1. The second-order valence-electron chi connectivity index (χ2n) is 13.8. The van der Waals surface area contributed by atoms with Gasteiger partial charge in [0.1, 0.15) is 28.7 Å². The molecule has 1 amide bonds. The van der Waals surface area contributed by atoms with Crippen molar-refractivity contribution in [3.63, 3.8) is 0 Å². The smallest absolute Gasteiger partial charge is 0.263 e. The molecule has 1 fully saturated rings. The third-order valence-electron chi connectivity index (χ3n) is 9.80. The molecule has 1 saturated heterocycles. The first kappa shape index (κ1) is 37.0. The van der Waals surface area contributed by atoms with Crippen LogP contribution in [0.2, 0.25) is 0 Å². The number of hydrogen-bond donors (Lipinski definition) is 0. The Bertz CT molecular complexity index is 1780. The Morgan fingerprint density at radius 1 is 0.820 bits per heavy atom. The van der Waals surface area contributed by atoms with Gasteiger partial charge in [0.2, 0.25) is 5.43 Å². The van der Waals surface area contributed by atoms with Gasteiger partial charge in [-0.3, -0.25) is 9.59 Å². The van der Waals surface area contributed by atoms with Gasteiger partial charge in [0, 0.05) is 47.7 Å². The molecule has 9 heteroatoms. The van der Waals surface area contributed by atoms with E-state index in [-0.39, 0.29) is 17.8 Å². The zero-order valence-corrected chi connectivity index (χ0v) is 29.9. The molecule has 0 spiro atoms. The molecule has 1 aliphatic rings. The summed E-state index contributed by atoms with van der Waals surface area (Å²) < 4.78 is 43.4. The second kappa shape index (κ2) is 17.6. The maximum Gasteiger partial charge on any atom is 0.263 e. The van der Waals surface area contributed by atoms with Crippen molar-refractivity contribution in [2.24, 2.45) is 0 Å². The molecule has 0 atom stereocenters. The number of fused-ring (bicyclic) bond motifs is 1. The van der Waals surface area contributed by atoms with E-state index >= 15 is 0 Å². The molecule has 3 aromatic carbocycles. The third-order valence-corrected chi connectivity index (χ3v) is 9.80. The van der Waals surface area contributed by atoms with Crippen molar-refractivity contribution >= 4 is 22.5 Å². The molecule has 268 valence electrons. The number of rotatable bonds is 17. The Balaban J connectivity index is 1.36. The van der Waals surface area contributed by atoms with E-state index in [2.05, 4.69) is 14.0 Å². The molecule has 0 saturated carbocycles. The highest BCUT2D eigenvalue weighted by Crippen LogP contribution is 2.27. The number of hydrogen-bond acceptors (Lipinski definition) is 4. The van der Waals surface area contributed by atoms with Gasteiger partial charge < -0.3 is 23.4 Å². The first-order valence-corrected chi connectivity index (χ1v) is 18.4. The maximum absolute atomic E-state index is 14.1. The number of quaternary nitrogens is 1. The van der Waals surface area contributed by atoms with Crippen molar-refractivity contribution in [3.8, 4) is 17.2 Å². The summed E-state index contributed by atoms with van der Waals surface area (Å²) in [6.45, 7) is 8.94. The van der Waals surface area contributed by atoms with Crippen molar-refractivity contribution in [1.29, 1.82) is 0 Å². The molecule has 4 aromatic rings. The number of carbonyl (C=O) groups is 1. The summed E-state index contributed by atoms with van der Waals surface area (Å²) in [6, 6.07) is 15.7. The lowest BCUT2D eigenvalue weighted by atomic mass is 10.1. The molecule has 0 aliphatic carbocycles. The van der Waals surface area contributed by atoms with Gasteiger partial charge in [-0.25, -0.2) is 8.78 Å². The van der Waals surface area contributed by atoms with Crippen molar-refractivity contribution in [2.75, 3.05) is 51.3 Å². The summed E-state index contributed by atoms with van der Waals surface area (Å²) in [7, 11) is 2.40. The largest absolute Gasteiger partial charge is 0.494 e. The van der Waals surface area contributed by atoms with Gasteiger partial charge in [0.05, 0.1) is 45.4 Å². The number of aromatic nitrogens is 1. The predicted molar refractivity (Wildman–Crippen MR) is 197 cm³/mol. The van der Waals surface area contributed by atoms with Crippen molar-refractivity contribution in [1.82, 2.24) is 4.57 Å². The van der Waals surface area contributed by atoms with Crippen LogP contribution in [-0.4, -0.2) is 61.4 Å². The van der Waals surface area contributed by atoms with Crippen LogP contribution in [0.5, 0.6) is 11.5 Å². The number of halogens is 2. The summed E-state index contributed by atoms with van der Waals surface area (Å²) in [5.41, 5.74) is 0.707. The number of benzene rings is 3. The van der Waals surface area contributed by atoms with E-state index < -0.39 is 23.0 Å². The molecule has 1 aliphatic heterocycles. The minimum absolute atomic E-state index is 0.0359. The normalized spacial score (nSPS) is 14.1. The van der Waals surface area contributed by atoms with Crippen LogP contribution in [0, 0.1) is 11.6 Å². The lowest BCUT2D eigenvalue weighted by Gasteiger charge is -2.37. The van der Waals surface area contributed by atoms with Crippen molar-refractivity contribution in [3.05, 3.63) is 94.3 Å². The van der Waals surface area contributed by atoms with Crippen molar-refractivity contribution < 1.29 is 27.5 Å². The zero-order chi connectivity index (χ0) is 35.5. The first-order chi connectivity index (χ1) is 24.2. The summed E-state index contributed by atoms with van der Waals surface area (Å²) in [5, 5.41) is 0.326. The van der Waals surface area contributed by atoms with E-state index in [1.165, 1.54) is 73.7 Å². The van der Waals surface area contributed by atoms with E-state index in [0.717, 1.165) is 43.9 Å². The van der Waals surface area contributed by atoms with Crippen LogP contribution in [0.1, 0.15) is 88.4 Å². The van der Waals surface area contributed by atoms with Gasteiger partial charge in [-0.15, -0.1) is 0 Å². The minimum atomic E-state index is -0.807. The summed E-state index contributed by atoms with van der Waals surface area (Å²) in [6.07, 6.45) is 13.2. The molecule has 5 rings (SSSR count). The van der Waals surface area contributed by atoms with E-state index in [1.54, 1.807) is 23.6 Å². The van der Waals surface area contributed by atoms with E-state index in [4.69, 9.17) is 9.47 Å². The number of likely N-dealkylation sites (tertiary alicyclic amines) is 1. The van der Waals surface area contributed by atoms with E-state index in [0.29, 0.717) is 41.3 Å². The fraction of sp³-hybridized carbons (Fsp3) is 0.463. The monoisotopic (exact) mass is 688 g/mol. The molecular formula is C41H52F2N3O4+. The van der Waals surface area contributed by atoms with Gasteiger partial charge in [0.25, 0.3) is 5.91 Å². The first-order valence-electron chi connectivity index (χ1n) is 18.4. The number of nitrogens with zero attached hydrogens (tertiary/aromatic N) is 3. The summed E-state index contributed by atoms with van der Waals surface area (Å²) >= 11 is 0. The van der Waals surface area contributed by atoms with Crippen LogP contribution >= 0.6 is 0 Å². The van der Waals surface area contributed by atoms with Crippen molar-refractivity contribution in [2.45, 2.75) is 78.1 Å². The SMILES string of the molecule is CCCCOc1cccc(-n2cc(C(=O)N(CC)c3cc(F)cc(F)c3)c(=O)c3ccc(OCCCCCCC[N+]4(C)CCCCC4)cc32)c1. The highest BCUT2D eigenvalue weighted by molar-refractivity contribution is 6.07.